The van der Waals surface area contributed by atoms with E-state index in [1.165, 1.54) is 6.42 Å². The van der Waals surface area contributed by atoms with Crippen LogP contribution >= 0.6 is 0 Å². The van der Waals surface area contributed by atoms with Gasteiger partial charge in [0.1, 0.15) is 0 Å². The van der Waals surface area contributed by atoms with Gasteiger partial charge in [-0.3, -0.25) is 0 Å². The SMILES string of the molecule is CCC[C@@H](C)N=C=NC(C)C. The average molecular weight is 154 g/mol. The van der Waals surface area contributed by atoms with Gasteiger partial charge in [-0.15, -0.1) is 0 Å². The first-order valence-electron chi connectivity index (χ1n) is 4.31. The Morgan fingerprint density at radius 2 is 1.82 bits per heavy atom. The van der Waals surface area contributed by atoms with Gasteiger partial charge in [0.15, 0.2) is 0 Å². The van der Waals surface area contributed by atoms with Crippen LogP contribution in [0.25, 0.3) is 0 Å². The van der Waals surface area contributed by atoms with Gasteiger partial charge in [0, 0.05) is 0 Å². The Hall–Kier alpha value is -0.620. The lowest BCUT2D eigenvalue weighted by molar-refractivity contribution is 0.656. The van der Waals surface area contributed by atoms with Gasteiger partial charge < -0.3 is 0 Å². The smallest absolute Gasteiger partial charge is 0.0898 e. The topological polar surface area (TPSA) is 24.7 Å². The summed E-state index contributed by atoms with van der Waals surface area (Å²) in [6.45, 7) is 8.29. The van der Waals surface area contributed by atoms with Crippen LogP contribution in [0.1, 0.15) is 40.5 Å². The van der Waals surface area contributed by atoms with Gasteiger partial charge in [-0.25, -0.2) is 9.98 Å². The van der Waals surface area contributed by atoms with Crippen molar-refractivity contribution in [1.82, 2.24) is 0 Å². The Morgan fingerprint density at radius 3 is 2.27 bits per heavy atom. The maximum atomic E-state index is 4.14. The lowest BCUT2D eigenvalue weighted by atomic mass is 10.2. The van der Waals surface area contributed by atoms with E-state index in [-0.39, 0.29) is 0 Å². The molecule has 0 spiro atoms. The van der Waals surface area contributed by atoms with Gasteiger partial charge in [0.2, 0.25) is 0 Å². The number of aliphatic imine (C=N–C) groups is 2. The molecule has 0 heterocycles. The summed E-state index contributed by atoms with van der Waals surface area (Å²) in [6.07, 6.45) is 2.30. The molecule has 0 fully saturated rings. The van der Waals surface area contributed by atoms with Gasteiger partial charge in [-0.1, -0.05) is 13.3 Å². The summed E-state index contributed by atoms with van der Waals surface area (Å²) < 4.78 is 0. The maximum Gasteiger partial charge on any atom is 0.0898 e. The first kappa shape index (κ1) is 10.4. The highest BCUT2D eigenvalue weighted by molar-refractivity contribution is 5.41. The zero-order valence-electron chi connectivity index (χ0n) is 7.96. The van der Waals surface area contributed by atoms with Crippen LogP contribution in [0.2, 0.25) is 0 Å². The minimum absolute atomic E-state index is 0.313. The zero-order valence-corrected chi connectivity index (χ0v) is 7.96. The molecule has 1 atom stereocenters. The van der Waals surface area contributed by atoms with Gasteiger partial charge in [-0.05, 0) is 27.2 Å². The van der Waals surface area contributed by atoms with Crippen molar-refractivity contribution < 1.29 is 0 Å². The molecule has 0 rings (SSSR count). The third-order valence-electron chi connectivity index (χ3n) is 1.30. The van der Waals surface area contributed by atoms with Crippen molar-refractivity contribution in [3.05, 3.63) is 0 Å². The van der Waals surface area contributed by atoms with E-state index in [4.69, 9.17) is 0 Å². The molecule has 0 saturated carbocycles. The largest absolute Gasteiger partial charge is 0.223 e. The van der Waals surface area contributed by atoms with E-state index in [0.717, 1.165) is 6.42 Å². The number of hydrogen-bond donors (Lipinski definition) is 0. The van der Waals surface area contributed by atoms with Gasteiger partial charge >= 0.3 is 0 Å². The van der Waals surface area contributed by atoms with Crippen LogP contribution < -0.4 is 0 Å². The molecule has 0 unspecified atom stereocenters. The monoisotopic (exact) mass is 154 g/mol. The molecule has 0 radical (unpaired) electrons. The molecule has 0 aliphatic heterocycles. The Labute approximate surface area is 69.4 Å². The normalized spacial score (nSPS) is 12.5. The van der Waals surface area contributed by atoms with Crippen LogP contribution in [0.5, 0.6) is 0 Å². The fourth-order valence-electron chi connectivity index (χ4n) is 0.730. The molecular formula is C9H18N2. The van der Waals surface area contributed by atoms with E-state index in [1.807, 2.05) is 13.8 Å². The molecule has 0 aliphatic rings. The zero-order chi connectivity index (χ0) is 8.69. The van der Waals surface area contributed by atoms with Crippen LogP contribution in [0.15, 0.2) is 9.98 Å². The minimum Gasteiger partial charge on any atom is -0.223 e. The second-order valence-electron chi connectivity index (χ2n) is 3.09. The summed E-state index contributed by atoms with van der Waals surface area (Å²) in [5.41, 5.74) is 0. The number of nitrogens with zero attached hydrogens (tertiary/aromatic N) is 2. The molecule has 0 saturated heterocycles. The molecule has 0 aliphatic carbocycles. The van der Waals surface area contributed by atoms with E-state index in [1.54, 1.807) is 0 Å². The third kappa shape index (κ3) is 7.27. The summed E-state index contributed by atoms with van der Waals surface area (Å²) in [6, 6.07) is 3.41. The van der Waals surface area contributed by atoms with Crippen molar-refractivity contribution in [3.63, 3.8) is 0 Å². The molecule has 2 heteroatoms. The molecule has 0 amide bonds. The molecule has 0 bridgehead atoms. The molecule has 0 N–H and O–H groups in total. The quantitative estimate of drug-likeness (QED) is 0.556. The molecule has 64 valence electrons. The Bertz CT molecular complexity index is 144. The highest BCUT2D eigenvalue weighted by atomic mass is 14.8. The van der Waals surface area contributed by atoms with Crippen molar-refractivity contribution in [2.45, 2.75) is 52.6 Å². The van der Waals surface area contributed by atoms with Gasteiger partial charge in [0.25, 0.3) is 0 Å². The van der Waals surface area contributed by atoms with Crippen molar-refractivity contribution >= 4 is 6.01 Å². The summed E-state index contributed by atoms with van der Waals surface area (Å²) in [5, 5.41) is 0. The van der Waals surface area contributed by atoms with E-state index >= 15 is 0 Å². The molecule has 0 aromatic heterocycles. The first-order valence-corrected chi connectivity index (χ1v) is 4.31. The highest BCUT2D eigenvalue weighted by Gasteiger charge is 1.93. The van der Waals surface area contributed by atoms with Crippen LogP contribution in [0, 0.1) is 0 Å². The van der Waals surface area contributed by atoms with Crippen LogP contribution in [0.3, 0.4) is 0 Å². The first-order chi connectivity index (χ1) is 5.16. The molecule has 11 heavy (non-hydrogen) atoms. The Morgan fingerprint density at radius 1 is 1.18 bits per heavy atom. The predicted molar refractivity (Wildman–Crippen MR) is 49.4 cm³/mol. The second-order valence-corrected chi connectivity index (χ2v) is 3.09. The summed E-state index contributed by atoms with van der Waals surface area (Å²) in [7, 11) is 0. The van der Waals surface area contributed by atoms with Crippen LogP contribution in [-0.4, -0.2) is 18.1 Å². The Kier molecular flexibility index (Phi) is 5.77. The standard InChI is InChI=1S/C9H18N2/c1-5-6-9(4)11-7-10-8(2)3/h8-9H,5-6H2,1-4H3/t9-/m1/s1. The van der Waals surface area contributed by atoms with Crippen molar-refractivity contribution in [1.29, 1.82) is 0 Å². The van der Waals surface area contributed by atoms with Crippen molar-refractivity contribution in [2.75, 3.05) is 0 Å². The van der Waals surface area contributed by atoms with Crippen molar-refractivity contribution in [3.8, 4) is 0 Å². The predicted octanol–water partition coefficient (Wildman–Crippen LogP) is 2.76. The van der Waals surface area contributed by atoms with Gasteiger partial charge in [0.05, 0.1) is 18.1 Å². The summed E-state index contributed by atoms with van der Waals surface area (Å²) in [4.78, 5) is 8.17. The fraction of sp³-hybridized carbons (Fsp3) is 0.889. The summed E-state index contributed by atoms with van der Waals surface area (Å²) >= 11 is 0. The Balaban J connectivity index is 3.71. The van der Waals surface area contributed by atoms with E-state index < -0.39 is 0 Å². The van der Waals surface area contributed by atoms with E-state index in [0.29, 0.717) is 12.1 Å². The molecule has 2 nitrogen and oxygen atoms in total. The van der Waals surface area contributed by atoms with Crippen molar-refractivity contribution in [2.24, 2.45) is 9.98 Å². The molecule has 0 aromatic carbocycles. The maximum absolute atomic E-state index is 4.14. The number of rotatable bonds is 4. The van der Waals surface area contributed by atoms with E-state index in [2.05, 4.69) is 29.8 Å². The fourth-order valence-corrected chi connectivity index (χ4v) is 0.730. The molecule has 0 aromatic rings. The average Bonchev–Trinajstić information content (AvgIpc) is 1.87. The van der Waals surface area contributed by atoms with E-state index in [9.17, 15) is 0 Å². The number of hydrogen-bond acceptors (Lipinski definition) is 2. The second kappa shape index (κ2) is 6.11. The lowest BCUT2D eigenvalue weighted by Gasteiger charge is -1.98. The van der Waals surface area contributed by atoms with Gasteiger partial charge in [-0.2, -0.15) is 0 Å². The highest BCUT2D eigenvalue weighted by Crippen LogP contribution is 1.98. The third-order valence-corrected chi connectivity index (χ3v) is 1.30. The molecular weight excluding hydrogens is 136 g/mol. The lowest BCUT2D eigenvalue weighted by Crippen LogP contribution is -1.95. The van der Waals surface area contributed by atoms with Crippen LogP contribution in [-0.2, 0) is 0 Å². The van der Waals surface area contributed by atoms with Crippen LogP contribution in [0.4, 0.5) is 0 Å². The summed E-state index contributed by atoms with van der Waals surface area (Å²) in [5.74, 6) is 0. The minimum atomic E-state index is 0.313.